The third kappa shape index (κ3) is 4.00. The fourth-order valence-corrected chi connectivity index (χ4v) is 3.31. The fourth-order valence-electron chi connectivity index (χ4n) is 2.34. The first-order valence-corrected chi connectivity index (χ1v) is 8.61. The molecule has 5 nitrogen and oxygen atoms in total. The van der Waals surface area contributed by atoms with Crippen LogP contribution in [0.3, 0.4) is 0 Å². The number of carboxylic acids is 1. The first-order valence-electron chi connectivity index (χ1n) is 7.79. The number of thiazole rings is 1. The van der Waals surface area contributed by atoms with Crippen LogP contribution in [0.2, 0.25) is 0 Å². The highest BCUT2D eigenvalue weighted by Gasteiger charge is 2.19. The van der Waals surface area contributed by atoms with Gasteiger partial charge in [-0.05, 0) is 43.5 Å². The molecule has 128 valence electrons. The number of amides is 1. The maximum absolute atomic E-state index is 11.9. The maximum Gasteiger partial charge on any atom is 0.308 e. The number of carboxylic acid groups (broad SMARTS) is 1. The molecule has 1 aromatic heterocycles. The summed E-state index contributed by atoms with van der Waals surface area (Å²) in [6.07, 6.45) is -0.114. The number of aliphatic carboxylic acids is 1. The highest BCUT2D eigenvalue weighted by Crippen LogP contribution is 2.34. The number of carbonyl (C=O) groups is 2. The van der Waals surface area contributed by atoms with Gasteiger partial charge in [0.05, 0.1) is 12.1 Å². The average molecular weight is 346 g/mol. The standard InChI is InChI=1S/C18H22N2O3S/c1-9(2)17(23)20-18-19-16(14(24-18)8-15(21)22)13-7-11(4)10(3)6-12(13)5/h6-7,9H,8H2,1-5H3,(H,21,22)(H,19,20,23). The van der Waals surface area contributed by atoms with E-state index in [1.807, 2.05) is 26.8 Å². The van der Waals surface area contributed by atoms with E-state index in [0.717, 1.165) is 16.7 Å². The zero-order chi connectivity index (χ0) is 18.0. The molecule has 2 rings (SSSR count). The maximum atomic E-state index is 11.9. The summed E-state index contributed by atoms with van der Waals surface area (Å²) in [5, 5.41) is 12.4. The van der Waals surface area contributed by atoms with Gasteiger partial charge in [-0.2, -0.15) is 0 Å². The molecule has 0 atom stereocenters. The molecular weight excluding hydrogens is 324 g/mol. The minimum absolute atomic E-state index is 0.114. The van der Waals surface area contributed by atoms with Crippen LogP contribution in [0.4, 0.5) is 5.13 Å². The zero-order valence-electron chi connectivity index (χ0n) is 14.6. The molecule has 0 aliphatic heterocycles. The van der Waals surface area contributed by atoms with Gasteiger partial charge in [0, 0.05) is 16.4 Å². The van der Waals surface area contributed by atoms with Crippen LogP contribution >= 0.6 is 11.3 Å². The molecule has 0 aliphatic rings. The topological polar surface area (TPSA) is 79.3 Å². The summed E-state index contributed by atoms with van der Waals surface area (Å²) in [5.41, 5.74) is 4.90. The van der Waals surface area contributed by atoms with Crippen molar-refractivity contribution in [1.82, 2.24) is 4.98 Å². The van der Waals surface area contributed by atoms with Gasteiger partial charge in [0.25, 0.3) is 0 Å². The Balaban J connectivity index is 2.51. The number of aryl methyl sites for hydroxylation is 3. The van der Waals surface area contributed by atoms with E-state index < -0.39 is 5.97 Å². The van der Waals surface area contributed by atoms with E-state index in [4.69, 9.17) is 0 Å². The molecule has 2 aromatic rings. The number of nitrogens with zero attached hydrogens (tertiary/aromatic N) is 1. The predicted molar refractivity (Wildman–Crippen MR) is 96.6 cm³/mol. The van der Waals surface area contributed by atoms with E-state index >= 15 is 0 Å². The molecule has 1 aromatic carbocycles. The molecule has 0 spiro atoms. The van der Waals surface area contributed by atoms with Crippen LogP contribution in [-0.2, 0) is 16.0 Å². The molecule has 24 heavy (non-hydrogen) atoms. The third-order valence-corrected chi connectivity index (χ3v) is 4.83. The number of nitrogens with one attached hydrogen (secondary N) is 1. The van der Waals surface area contributed by atoms with Gasteiger partial charge in [0.1, 0.15) is 0 Å². The predicted octanol–water partition coefficient (Wildman–Crippen LogP) is 3.96. The normalized spacial score (nSPS) is 10.9. The third-order valence-electron chi connectivity index (χ3n) is 3.86. The molecule has 1 heterocycles. The number of hydrogen-bond donors (Lipinski definition) is 2. The van der Waals surface area contributed by atoms with Gasteiger partial charge >= 0.3 is 5.97 Å². The number of hydrogen-bond acceptors (Lipinski definition) is 4. The number of benzene rings is 1. The van der Waals surface area contributed by atoms with Gasteiger partial charge in [0.15, 0.2) is 5.13 Å². The van der Waals surface area contributed by atoms with Crippen molar-refractivity contribution in [2.45, 2.75) is 41.0 Å². The van der Waals surface area contributed by atoms with Crippen molar-refractivity contribution in [3.05, 3.63) is 33.7 Å². The summed E-state index contributed by atoms with van der Waals surface area (Å²) < 4.78 is 0. The second kappa shape index (κ2) is 7.13. The van der Waals surface area contributed by atoms with Gasteiger partial charge in [0.2, 0.25) is 5.91 Å². The molecule has 0 saturated carbocycles. The molecule has 2 N–H and O–H groups in total. The SMILES string of the molecule is Cc1cc(C)c(-c2nc(NC(=O)C(C)C)sc2CC(=O)O)cc1C. The molecule has 0 saturated heterocycles. The zero-order valence-corrected chi connectivity index (χ0v) is 15.4. The fraction of sp³-hybridized carbons (Fsp3) is 0.389. The minimum Gasteiger partial charge on any atom is -0.481 e. The summed E-state index contributed by atoms with van der Waals surface area (Å²) in [6.45, 7) is 9.64. The van der Waals surface area contributed by atoms with Crippen LogP contribution in [0, 0.1) is 26.7 Å². The Bertz CT molecular complexity index is 794. The molecule has 0 radical (unpaired) electrons. The molecule has 0 bridgehead atoms. The Hall–Kier alpha value is -2.21. The summed E-state index contributed by atoms with van der Waals surface area (Å²) in [4.78, 5) is 28.2. The van der Waals surface area contributed by atoms with Gasteiger partial charge in [-0.25, -0.2) is 4.98 Å². The van der Waals surface area contributed by atoms with Crippen molar-refractivity contribution in [3.8, 4) is 11.3 Å². The Morgan fingerprint density at radius 1 is 1.17 bits per heavy atom. The van der Waals surface area contributed by atoms with Crippen LogP contribution in [0.5, 0.6) is 0 Å². The Kier molecular flexibility index (Phi) is 5.39. The lowest BCUT2D eigenvalue weighted by molar-refractivity contribution is -0.136. The highest BCUT2D eigenvalue weighted by atomic mass is 32.1. The summed E-state index contributed by atoms with van der Waals surface area (Å²) in [6, 6.07) is 4.10. The average Bonchev–Trinajstić information content (AvgIpc) is 2.84. The van der Waals surface area contributed by atoms with E-state index in [-0.39, 0.29) is 18.2 Å². The Morgan fingerprint density at radius 2 is 1.79 bits per heavy atom. The van der Waals surface area contributed by atoms with Gasteiger partial charge in [-0.15, -0.1) is 11.3 Å². The lowest BCUT2D eigenvalue weighted by atomic mass is 9.98. The number of carbonyl (C=O) groups excluding carboxylic acids is 1. The Morgan fingerprint density at radius 3 is 2.38 bits per heavy atom. The summed E-state index contributed by atoms with van der Waals surface area (Å²) in [7, 11) is 0. The molecular formula is C18H22N2O3S. The molecule has 6 heteroatoms. The van der Waals surface area contributed by atoms with Crippen molar-refractivity contribution in [3.63, 3.8) is 0 Å². The van der Waals surface area contributed by atoms with Crippen molar-refractivity contribution < 1.29 is 14.7 Å². The first-order chi connectivity index (χ1) is 11.2. The lowest BCUT2D eigenvalue weighted by Gasteiger charge is -2.09. The smallest absolute Gasteiger partial charge is 0.308 e. The van der Waals surface area contributed by atoms with Crippen molar-refractivity contribution in [2.75, 3.05) is 5.32 Å². The van der Waals surface area contributed by atoms with E-state index in [1.165, 1.54) is 16.9 Å². The van der Waals surface area contributed by atoms with Gasteiger partial charge in [-0.1, -0.05) is 19.9 Å². The number of rotatable bonds is 5. The van der Waals surface area contributed by atoms with Crippen LogP contribution in [0.25, 0.3) is 11.3 Å². The monoisotopic (exact) mass is 346 g/mol. The minimum atomic E-state index is -0.914. The summed E-state index contributed by atoms with van der Waals surface area (Å²) >= 11 is 1.22. The van der Waals surface area contributed by atoms with Crippen molar-refractivity contribution >= 4 is 28.3 Å². The molecule has 1 amide bonds. The van der Waals surface area contributed by atoms with E-state index in [0.29, 0.717) is 15.7 Å². The quantitative estimate of drug-likeness (QED) is 0.859. The lowest BCUT2D eigenvalue weighted by Crippen LogP contribution is -2.17. The van der Waals surface area contributed by atoms with E-state index in [2.05, 4.69) is 16.4 Å². The van der Waals surface area contributed by atoms with Crippen LogP contribution in [0.15, 0.2) is 12.1 Å². The second-order valence-corrected chi connectivity index (χ2v) is 7.34. The van der Waals surface area contributed by atoms with E-state index in [9.17, 15) is 14.7 Å². The van der Waals surface area contributed by atoms with Gasteiger partial charge in [-0.3, -0.25) is 9.59 Å². The summed E-state index contributed by atoms with van der Waals surface area (Å²) in [5.74, 6) is -1.21. The van der Waals surface area contributed by atoms with Crippen LogP contribution < -0.4 is 5.32 Å². The molecule has 0 unspecified atom stereocenters. The van der Waals surface area contributed by atoms with Crippen LogP contribution in [-0.4, -0.2) is 22.0 Å². The van der Waals surface area contributed by atoms with Crippen molar-refractivity contribution in [1.29, 1.82) is 0 Å². The highest BCUT2D eigenvalue weighted by molar-refractivity contribution is 7.16. The second-order valence-electron chi connectivity index (χ2n) is 6.26. The number of anilines is 1. The van der Waals surface area contributed by atoms with Crippen LogP contribution in [0.1, 0.15) is 35.4 Å². The largest absolute Gasteiger partial charge is 0.481 e. The first kappa shape index (κ1) is 18.1. The Labute approximate surface area is 145 Å². The molecule has 0 aliphatic carbocycles. The number of aromatic nitrogens is 1. The van der Waals surface area contributed by atoms with Gasteiger partial charge < -0.3 is 10.4 Å². The van der Waals surface area contributed by atoms with Crippen molar-refractivity contribution in [2.24, 2.45) is 5.92 Å². The van der Waals surface area contributed by atoms with E-state index in [1.54, 1.807) is 13.8 Å². The molecule has 0 fully saturated rings.